The lowest BCUT2D eigenvalue weighted by atomic mass is 10.3. The number of nitrogens with zero attached hydrogens (tertiary/aromatic N) is 1. The number of hydrogen-bond donors (Lipinski definition) is 1. The lowest BCUT2D eigenvalue weighted by Gasteiger charge is -2.17. The highest BCUT2D eigenvalue weighted by Gasteiger charge is 2.09. The Hall–Kier alpha value is -1.99. The van der Waals surface area contributed by atoms with Crippen molar-refractivity contribution in [3.05, 3.63) is 24.3 Å². The van der Waals surface area contributed by atoms with E-state index < -0.39 is 0 Å². The van der Waals surface area contributed by atoms with Gasteiger partial charge in [-0.2, -0.15) is 0 Å². The van der Waals surface area contributed by atoms with Crippen LogP contribution in [-0.2, 0) is 4.79 Å². The van der Waals surface area contributed by atoms with Crippen LogP contribution < -0.4 is 15.0 Å². The van der Waals surface area contributed by atoms with E-state index in [2.05, 4.69) is 11.2 Å². The first-order chi connectivity index (χ1) is 8.19. The van der Waals surface area contributed by atoms with Crippen molar-refractivity contribution in [1.29, 1.82) is 0 Å². The number of terminal acetylenes is 1. The van der Waals surface area contributed by atoms with E-state index >= 15 is 0 Å². The average Bonchev–Trinajstić information content (AvgIpc) is 2.38. The first-order valence-electron chi connectivity index (χ1n) is 5.24. The standard InChI is InChI=1S/C13H16N2O2/c1-4-9-14-10-13(16)15(2)11-5-7-12(17-3)8-6-11/h1,5-8,14H,9-10H2,2-3H3. The lowest BCUT2D eigenvalue weighted by Crippen LogP contribution is -2.35. The zero-order valence-corrected chi connectivity index (χ0v) is 10.1. The largest absolute Gasteiger partial charge is 0.497 e. The third-order valence-corrected chi connectivity index (χ3v) is 2.34. The third kappa shape index (κ3) is 3.82. The summed E-state index contributed by atoms with van der Waals surface area (Å²) in [6, 6.07) is 7.29. The molecule has 4 nitrogen and oxygen atoms in total. The number of ether oxygens (including phenoxy) is 1. The number of benzene rings is 1. The van der Waals surface area contributed by atoms with Gasteiger partial charge < -0.3 is 9.64 Å². The second kappa shape index (κ2) is 6.56. The fraction of sp³-hybridized carbons (Fsp3) is 0.308. The summed E-state index contributed by atoms with van der Waals surface area (Å²) in [5.74, 6) is 3.15. The maximum atomic E-state index is 11.7. The molecule has 1 aromatic carbocycles. The number of amides is 1. The van der Waals surface area contributed by atoms with Crippen LogP contribution in [0, 0.1) is 12.3 Å². The molecule has 1 N–H and O–H groups in total. The summed E-state index contributed by atoms with van der Waals surface area (Å²) < 4.78 is 5.05. The topological polar surface area (TPSA) is 41.6 Å². The van der Waals surface area contributed by atoms with Crippen molar-refractivity contribution in [2.75, 3.05) is 32.1 Å². The summed E-state index contributed by atoms with van der Waals surface area (Å²) in [5.41, 5.74) is 0.818. The zero-order chi connectivity index (χ0) is 12.7. The summed E-state index contributed by atoms with van der Waals surface area (Å²) in [4.78, 5) is 13.3. The highest BCUT2D eigenvalue weighted by atomic mass is 16.5. The number of hydrogen-bond acceptors (Lipinski definition) is 3. The minimum atomic E-state index is -0.0367. The van der Waals surface area contributed by atoms with Crippen molar-refractivity contribution in [2.24, 2.45) is 0 Å². The molecule has 0 saturated carbocycles. The summed E-state index contributed by atoms with van der Waals surface area (Å²) in [6.45, 7) is 0.620. The SMILES string of the molecule is C#CCNCC(=O)N(C)c1ccc(OC)cc1. The van der Waals surface area contributed by atoms with E-state index in [1.807, 2.05) is 24.3 Å². The molecular formula is C13H16N2O2. The van der Waals surface area contributed by atoms with Crippen LogP contribution in [0.3, 0.4) is 0 Å². The zero-order valence-electron chi connectivity index (χ0n) is 10.1. The Kier molecular flexibility index (Phi) is 5.05. The molecule has 0 fully saturated rings. The van der Waals surface area contributed by atoms with E-state index in [1.165, 1.54) is 0 Å². The minimum absolute atomic E-state index is 0.0367. The lowest BCUT2D eigenvalue weighted by molar-refractivity contribution is -0.117. The predicted molar refractivity (Wildman–Crippen MR) is 68.1 cm³/mol. The number of methoxy groups -OCH3 is 1. The van der Waals surface area contributed by atoms with Gasteiger partial charge in [-0.15, -0.1) is 6.42 Å². The van der Waals surface area contributed by atoms with Crippen molar-refractivity contribution >= 4 is 11.6 Å². The van der Waals surface area contributed by atoms with Crippen LogP contribution in [0.5, 0.6) is 5.75 Å². The number of likely N-dealkylation sites (N-methyl/N-ethyl adjacent to an activating group) is 1. The Morgan fingerprint density at radius 1 is 1.47 bits per heavy atom. The van der Waals surface area contributed by atoms with Gasteiger partial charge in [0.15, 0.2) is 0 Å². The first kappa shape index (κ1) is 13.1. The molecule has 0 unspecified atom stereocenters. The molecule has 4 heteroatoms. The van der Waals surface area contributed by atoms with Gasteiger partial charge in [-0.05, 0) is 24.3 Å². The van der Waals surface area contributed by atoms with Gasteiger partial charge in [0.2, 0.25) is 5.91 Å². The van der Waals surface area contributed by atoms with Gasteiger partial charge in [-0.3, -0.25) is 10.1 Å². The maximum Gasteiger partial charge on any atom is 0.240 e. The minimum Gasteiger partial charge on any atom is -0.497 e. The quantitative estimate of drug-likeness (QED) is 0.605. The number of anilines is 1. The highest BCUT2D eigenvalue weighted by molar-refractivity contribution is 5.94. The molecule has 0 heterocycles. The highest BCUT2D eigenvalue weighted by Crippen LogP contribution is 2.17. The van der Waals surface area contributed by atoms with Gasteiger partial charge >= 0.3 is 0 Å². The van der Waals surface area contributed by atoms with Crippen LogP contribution in [0.2, 0.25) is 0 Å². The number of rotatable bonds is 5. The van der Waals surface area contributed by atoms with Gasteiger partial charge in [0, 0.05) is 12.7 Å². The molecule has 0 spiro atoms. The molecule has 0 atom stereocenters. The van der Waals surface area contributed by atoms with Gasteiger partial charge in [0.05, 0.1) is 20.2 Å². The molecule has 0 bridgehead atoms. The molecule has 0 aliphatic heterocycles. The van der Waals surface area contributed by atoms with Crippen LogP contribution >= 0.6 is 0 Å². The number of carbonyl (C=O) groups excluding carboxylic acids is 1. The third-order valence-electron chi connectivity index (χ3n) is 2.34. The van der Waals surface area contributed by atoms with Crippen LogP contribution in [0.25, 0.3) is 0 Å². The molecule has 17 heavy (non-hydrogen) atoms. The molecule has 1 amide bonds. The van der Waals surface area contributed by atoms with Crippen LogP contribution in [0.1, 0.15) is 0 Å². The van der Waals surface area contributed by atoms with Gasteiger partial charge in [-0.1, -0.05) is 5.92 Å². The molecule has 0 radical (unpaired) electrons. The van der Waals surface area contributed by atoms with E-state index in [1.54, 1.807) is 19.1 Å². The van der Waals surface area contributed by atoms with E-state index in [4.69, 9.17) is 11.2 Å². The Morgan fingerprint density at radius 2 is 2.12 bits per heavy atom. The van der Waals surface area contributed by atoms with Crippen molar-refractivity contribution in [2.45, 2.75) is 0 Å². The number of nitrogens with one attached hydrogen (secondary N) is 1. The second-order valence-electron chi connectivity index (χ2n) is 3.46. The van der Waals surface area contributed by atoms with Gasteiger partial charge in [0.1, 0.15) is 5.75 Å². The van der Waals surface area contributed by atoms with Crippen molar-refractivity contribution in [3.8, 4) is 18.1 Å². The van der Waals surface area contributed by atoms with E-state index in [0.717, 1.165) is 11.4 Å². The second-order valence-corrected chi connectivity index (χ2v) is 3.46. The van der Waals surface area contributed by atoms with Crippen LogP contribution in [-0.4, -0.2) is 33.2 Å². The first-order valence-corrected chi connectivity index (χ1v) is 5.24. The Morgan fingerprint density at radius 3 is 2.65 bits per heavy atom. The van der Waals surface area contributed by atoms with Gasteiger partial charge in [0.25, 0.3) is 0 Å². The van der Waals surface area contributed by atoms with Gasteiger partial charge in [-0.25, -0.2) is 0 Å². The molecule has 1 aromatic rings. The molecule has 0 aliphatic carbocycles. The fourth-order valence-corrected chi connectivity index (χ4v) is 1.31. The monoisotopic (exact) mass is 232 g/mol. The van der Waals surface area contributed by atoms with E-state index in [-0.39, 0.29) is 12.5 Å². The molecule has 1 rings (SSSR count). The molecule has 0 aromatic heterocycles. The molecule has 0 aliphatic rings. The molecular weight excluding hydrogens is 216 g/mol. The maximum absolute atomic E-state index is 11.7. The average molecular weight is 232 g/mol. The summed E-state index contributed by atoms with van der Waals surface area (Å²) >= 11 is 0. The molecule has 0 saturated heterocycles. The smallest absolute Gasteiger partial charge is 0.240 e. The van der Waals surface area contributed by atoms with Crippen molar-refractivity contribution in [3.63, 3.8) is 0 Å². The summed E-state index contributed by atoms with van der Waals surface area (Å²) in [6.07, 6.45) is 5.08. The Balaban J connectivity index is 2.59. The summed E-state index contributed by atoms with van der Waals surface area (Å²) in [7, 11) is 3.33. The normalized spacial score (nSPS) is 9.47. The van der Waals surface area contributed by atoms with E-state index in [9.17, 15) is 4.79 Å². The van der Waals surface area contributed by atoms with Crippen LogP contribution in [0.4, 0.5) is 5.69 Å². The van der Waals surface area contributed by atoms with Crippen LogP contribution in [0.15, 0.2) is 24.3 Å². The molecule has 90 valence electrons. The fourth-order valence-electron chi connectivity index (χ4n) is 1.31. The van der Waals surface area contributed by atoms with E-state index in [0.29, 0.717) is 6.54 Å². The Bertz CT molecular complexity index is 406. The predicted octanol–water partition coefficient (Wildman–Crippen LogP) is 0.881. The van der Waals surface area contributed by atoms with Crippen molar-refractivity contribution in [1.82, 2.24) is 5.32 Å². The number of carbonyl (C=O) groups is 1. The van der Waals surface area contributed by atoms with Crippen molar-refractivity contribution < 1.29 is 9.53 Å². The Labute approximate surface area is 102 Å². The summed E-state index contributed by atoms with van der Waals surface area (Å²) in [5, 5.41) is 2.86.